The third-order valence-electron chi connectivity index (χ3n) is 3.81. The van der Waals surface area contributed by atoms with Gasteiger partial charge in [-0.25, -0.2) is 4.39 Å². The van der Waals surface area contributed by atoms with Crippen molar-refractivity contribution in [2.24, 2.45) is 0 Å². The number of nitrogens with one attached hydrogen (secondary N) is 1. The Hall–Kier alpha value is -1.87. The van der Waals surface area contributed by atoms with Crippen molar-refractivity contribution in [1.82, 2.24) is 5.32 Å². The number of ether oxygens (including phenoxy) is 1. The van der Waals surface area contributed by atoms with Gasteiger partial charge in [-0.1, -0.05) is 18.2 Å². The molecule has 0 aromatic heterocycles. The predicted molar refractivity (Wildman–Crippen MR) is 84.5 cm³/mol. The molecule has 1 unspecified atom stereocenters. The molecular weight excluding hydrogens is 265 g/mol. The minimum Gasteiger partial charge on any atom is -0.496 e. The van der Waals surface area contributed by atoms with Crippen LogP contribution >= 0.6 is 0 Å². The average Bonchev–Trinajstić information content (AvgIpc) is 2.45. The van der Waals surface area contributed by atoms with Crippen molar-refractivity contribution < 1.29 is 9.13 Å². The zero-order chi connectivity index (χ0) is 15.6. The lowest BCUT2D eigenvalue weighted by Gasteiger charge is -2.23. The molecule has 0 fully saturated rings. The highest BCUT2D eigenvalue weighted by atomic mass is 19.1. The van der Waals surface area contributed by atoms with Crippen LogP contribution in [0.2, 0.25) is 0 Å². The Morgan fingerprint density at radius 2 is 1.76 bits per heavy atom. The fourth-order valence-electron chi connectivity index (χ4n) is 2.80. The van der Waals surface area contributed by atoms with Gasteiger partial charge in [0.2, 0.25) is 0 Å². The Balaban J connectivity index is 2.58. The maximum Gasteiger partial charge on any atom is 0.126 e. The second-order valence-electron chi connectivity index (χ2n) is 5.43. The fourth-order valence-corrected chi connectivity index (χ4v) is 2.80. The quantitative estimate of drug-likeness (QED) is 0.915. The van der Waals surface area contributed by atoms with Crippen LogP contribution in [-0.4, -0.2) is 14.2 Å². The Morgan fingerprint density at radius 3 is 2.33 bits per heavy atom. The second kappa shape index (κ2) is 6.27. The van der Waals surface area contributed by atoms with Crippen LogP contribution in [-0.2, 0) is 0 Å². The number of methoxy groups -OCH3 is 1. The van der Waals surface area contributed by atoms with E-state index in [9.17, 15) is 4.39 Å². The van der Waals surface area contributed by atoms with Gasteiger partial charge in [0.15, 0.2) is 0 Å². The van der Waals surface area contributed by atoms with Gasteiger partial charge in [-0.2, -0.15) is 0 Å². The maximum atomic E-state index is 13.5. The summed E-state index contributed by atoms with van der Waals surface area (Å²) in [6.07, 6.45) is 0. The van der Waals surface area contributed by atoms with Crippen molar-refractivity contribution >= 4 is 0 Å². The molecule has 0 spiro atoms. The van der Waals surface area contributed by atoms with Crippen LogP contribution < -0.4 is 10.1 Å². The van der Waals surface area contributed by atoms with E-state index in [-0.39, 0.29) is 11.9 Å². The smallest absolute Gasteiger partial charge is 0.126 e. The molecule has 0 amide bonds. The van der Waals surface area contributed by atoms with Gasteiger partial charge in [0.05, 0.1) is 13.2 Å². The van der Waals surface area contributed by atoms with E-state index in [1.165, 1.54) is 11.6 Å². The summed E-state index contributed by atoms with van der Waals surface area (Å²) in [4.78, 5) is 0. The molecule has 0 radical (unpaired) electrons. The number of halogens is 1. The Labute approximate surface area is 126 Å². The molecule has 21 heavy (non-hydrogen) atoms. The summed E-state index contributed by atoms with van der Waals surface area (Å²) in [7, 11) is 3.59. The van der Waals surface area contributed by atoms with Crippen LogP contribution in [0.5, 0.6) is 5.75 Å². The maximum absolute atomic E-state index is 13.5. The van der Waals surface area contributed by atoms with Crippen LogP contribution in [0.25, 0.3) is 0 Å². The molecule has 0 saturated carbocycles. The first kappa shape index (κ1) is 15.5. The molecule has 0 aliphatic rings. The molecule has 2 aromatic rings. The minimum atomic E-state index is -0.179. The van der Waals surface area contributed by atoms with Crippen molar-refractivity contribution in [2.75, 3.05) is 14.2 Å². The summed E-state index contributed by atoms with van der Waals surface area (Å²) >= 11 is 0. The van der Waals surface area contributed by atoms with Gasteiger partial charge in [-0.05, 0) is 62.2 Å². The lowest BCUT2D eigenvalue weighted by Crippen LogP contribution is -2.20. The van der Waals surface area contributed by atoms with Crippen molar-refractivity contribution in [2.45, 2.75) is 26.8 Å². The van der Waals surface area contributed by atoms with E-state index in [1.54, 1.807) is 14.0 Å². The van der Waals surface area contributed by atoms with Crippen molar-refractivity contribution in [3.8, 4) is 5.75 Å². The molecule has 0 bridgehead atoms. The van der Waals surface area contributed by atoms with Crippen molar-refractivity contribution in [1.29, 1.82) is 0 Å². The average molecular weight is 287 g/mol. The van der Waals surface area contributed by atoms with E-state index < -0.39 is 0 Å². The highest BCUT2D eigenvalue weighted by Gasteiger charge is 2.20. The summed E-state index contributed by atoms with van der Waals surface area (Å²) in [5.74, 6) is 0.676. The fraction of sp³-hybridized carbons (Fsp3) is 0.333. The van der Waals surface area contributed by atoms with Crippen LogP contribution in [0.1, 0.15) is 33.9 Å². The number of aryl methyl sites for hydroxylation is 3. The SMILES string of the molecule is CNC(c1ccc(F)c(C)c1)c1c(C)cc(C)cc1OC. The number of hydrogen-bond acceptors (Lipinski definition) is 2. The van der Waals surface area contributed by atoms with E-state index in [1.807, 2.05) is 25.2 Å². The van der Waals surface area contributed by atoms with E-state index >= 15 is 0 Å². The van der Waals surface area contributed by atoms with Gasteiger partial charge >= 0.3 is 0 Å². The van der Waals surface area contributed by atoms with Gasteiger partial charge < -0.3 is 10.1 Å². The molecule has 2 nitrogen and oxygen atoms in total. The molecule has 0 saturated heterocycles. The predicted octanol–water partition coefficient (Wildman–Crippen LogP) is 4.07. The first-order chi connectivity index (χ1) is 9.97. The largest absolute Gasteiger partial charge is 0.496 e. The monoisotopic (exact) mass is 287 g/mol. The Morgan fingerprint density at radius 1 is 1.05 bits per heavy atom. The molecule has 3 heteroatoms. The molecule has 2 rings (SSSR count). The van der Waals surface area contributed by atoms with Crippen molar-refractivity contribution in [3.63, 3.8) is 0 Å². The van der Waals surface area contributed by atoms with Crippen LogP contribution in [0.4, 0.5) is 4.39 Å². The minimum absolute atomic E-state index is 0.0279. The van der Waals surface area contributed by atoms with E-state index in [0.717, 1.165) is 22.4 Å². The Kier molecular flexibility index (Phi) is 4.63. The van der Waals surface area contributed by atoms with Gasteiger partial charge in [-0.3, -0.25) is 0 Å². The molecule has 0 heterocycles. The number of rotatable bonds is 4. The third kappa shape index (κ3) is 3.08. The molecule has 112 valence electrons. The van der Waals surface area contributed by atoms with Crippen LogP contribution in [0.15, 0.2) is 30.3 Å². The zero-order valence-corrected chi connectivity index (χ0v) is 13.3. The lowest BCUT2D eigenvalue weighted by atomic mass is 9.92. The first-order valence-electron chi connectivity index (χ1n) is 7.06. The summed E-state index contributed by atoms with van der Waals surface area (Å²) in [6, 6.07) is 9.37. The van der Waals surface area contributed by atoms with Gasteiger partial charge in [-0.15, -0.1) is 0 Å². The van der Waals surface area contributed by atoms with E-state index in [2.05, 4.69) is 25.2 Å². The highest BCUT2D eigenvalue weighted by molar-refractivity contribution is 5.49. The first-order valence-corrected chi connectivity index (χ1v) is 7.06. The summed E-state index contributed by atoms with van der Waals surface area (Å²) in [5.41, 5.74) is 5.10. The molecule has 0 aliphatic carbocycles. The molecule has 0 aliphatic heterocycles. The molecule has 1 atom stereocenters. The third-order valence-corrected chi connectivity index (χ3v) is 3.81. The number of hydrogen-bond donors (Lipinski definition) is 1. The van der Waals surface area contributed by atoms with Gasteiger partial charge in [0, 0.05) is 5.56 Å². The molecular formula is C18H22FNO. The van der Waals surface area contributed by atoms with Crippen LogP contribution in [0, 0.1) is 26.6 Å². The Bertz CT molecular complexity index is 652. The molecule has 1 N–H and O–H groups in total. The standard InChI is InChI=1S/C18H22FNO/c1-11-8-13(3)17(16(9-11)21-5)18(20-4)14-6-7-15(19)12(2)10-14/h6-10,18,20H,1-5H3. The van der Waals surface area contributed by atoms with Crippen molar-refractivity contribution in [3.05, 3.63) is 64.0 Å². The second-order valence-corrected chi connectivity index (χ2v) is 5.43. The van der Waals surface area contributed by atoms with E-state index in [4.69, 9.17) is 4.74 Å². The molecule has 2 aromatic carbocycles. The number of benzene rings is 2. The normalized spacial score (nSPS) is 12.3. The zero-order valence-electron chi connectivity index (χ0n) is 13.3. The topological polar surface area (TPSA) is 21.3 Å². The van der Waals surface area contributed by atoms with Crippen LogP contribution in [0.3, 0.4) is 0 Å². The summed E-state index contributed by atoms with van der Waals surface area (Å²) in [6.45, 7) is 5.91. The summed E-state index contributed by atoms with van der Waals surface area (Å²) in [5, 5.41) is 3.31. The highest BCUT2D eigenvalue weighted by Crippen LogP contribution is 2.34. The van der Waals surface area contributed by atoms with Gasteiger partial charge in [0.25, 0.3) is 0 Å². The lowest BCUT2D eigenvalue weighted by molar-refractivity contribution is 0.404. The summed E-state index contributed by atoms with van der Waals surface area (Å²) < 4.78 is 19.1. The van der Waals surface area contributed by atoms with E-state index in [0.29, 0.717) is 5.56 Å². The van der Waals surface area contributed by atoms with Gasteiger partial charge in [0.1, 0.15) is 11.6 Å².